The molecule has 0 unspecified atom stereocenters. The number of hydrogen-bond acceptors (Lipinski definition) is 5. The van der Waals surface area contributed by atoms with E-state index in [4.69, 9.17) is 4.42 Å². The molecule has 0 aliphatic heterocycles. The second-order valence-electron chi connectivity index (χ2n) is 6.78. The number of anilines is 2. The molecular weight excluding hydrogens is 368 g/mol. The van der Waals surface area contributed by atoms with E-state index in [9.17, 15) is 9.59 Å². The number of nitrogens with zero attached hydrogens (tertiary/aromatic N) is 1. The van der Waals surface area contributed by atoms with Gasteiger partial charge in [0, 0.05) is 31.3 Å². The highest BCUT2D eigenvalue weighted by atomic mass is 16.4. The normalized spacial score (nSPS) is 10.7. The van der Waals surface area contributed by atoms with Gasteiger partial charge in [0.15, 0.2) is 5.58 Å². The number of rotatable bonds is 10. The Labute approximate surface area is 169 Å². The summed E-state index contributed by atoms with van der Waals surface area (Å²) in [5, 5.41) is 8.65. The molecule has 0 atom stereocenters. The van der Waals surface area contributed by atoms with Crippen LogP contribution in [0.5, 0.6) is 0 Å². The SMILES string of the molecule is CNC(=O)CCCCCCNC(=O)c1ccc(Nc2nc3ccccc3o2)cc1. The van der Waals surface area contributed by atoms with Crippen LogP contribution in [0.15, 0.2) is 52.9 Å². The Kier molecular flexibility index (Phi) is 7.22. The summed E-state index contributed by atoms with van der Waals surface area (Å²) in [5.41, 5.74) is 2.91. The van der Waals surface area contributed by atoms with Crippen LogP contribution in [0.3, 0.4) is 0 Å². The Bertz CT molecular complexity index is 917. The molecule has 0 radical (unpaired) electrons. The van der Waals surface area contributed by atoms with Crippen molar-refractivity contribution in [2.75, 3.05) is 18.9 Å². The maximum Gasteiger partial charge on any atom is 0.300 e. The number of para-hydroxylation sites is 2. The number of benzene rings is 2. The van der Waals surface area contributed by atoms with E-state index < -0.39 is 0 Å². The quantitative estimate of drug-likeness (QED) is 0.452. The molecule has 7 nitrogen and oxygen atoms in total. The van der Waals surface area contributed by atoms with Crippen molar-refractivity contribution < 1.29 is 14.0 Å². The van der Waals surface area contributed by atoms with Crippen molar-refractivity contribution in [3.8, 4) is 0 Å². The van der Waals surface area contributed by atoms with Crippen LogP contribution in [0.1, 0.15) is 42.5 Å². The van der Waals surface area contributed by atoms with Gasteiger partial charge in [-0.1, -0.05) is 25.0 Å². The molecule has 1 aromatic heterocycles. The molecule has 3 N–H and O–H groups in total. The molecule has 0 aliphatic carbocycles. The summed E-state index contributed by atoms with van der Waals surface area (Å²) in [6, 6.07) is 15.2. The fourth-order valence-corrected chi connectivity index (χ4v) is 2.95. The predicted molar refractivity (Wildman–Crippen MR) is 113 cm³/mol. The standard InChI is InChI=1S/C22H26N4O3/c1-23-20(27)10-4-2-3-7-15-24-21(28)16-11-13-17(14-12-16)25-22-26-18-8-5-6-9-19(18)29-22/h5-6,8-9,11-14H,2-4,7,10,15H2,1H3,(H,23,27)(H,24,28)(H,25,26). The Morgan fingerprint density at radius 2 is 1.72 bits per heavy atom. The molecule has 2 amide bonds. The van der Waals surface area contributed by atoms with Gasteiger partial charge < -0.3 is 20.4 Å². The van der Waals surface area contributed by atoms with E-state index in [0.29, 0.717) is 24.5 Å². The van der Waals surface area contributed by atoms with E-state index >= 15 is 0 Å². The van der Waals surface area contributed by atoms with E-state index in [1.807, 2.05) is 36.4 Å². The molecule has 29 heavy (non-hydrogen) atoms. The van der Waals surface area contributed by atoms with Gasteiger partial charge >= 0.3 is 0 Å². The zero-order valence-electron chi connectivity index (χ0n) is 16.5. The number of aromatic nitrogens is 1. The van der Waals surface area contributed by atoms with Crippen LogP contribution < -0.4 is 16.0 Å². The highest BCUT2D eigenvalue weighted by molar-refractivity contribution is 5.94. The summed E-state index contributed by atoms with van der Waals surface area (Å²) >= 11 is 0. The van der Waals surface area contributed by atoms with E-state index in [1.54, 1.807) is 19.2 Å². The van der Waals surface area contributed by atoms with Crippen LogP contribution in [-0.2, 0) is 4.79 Å². The highest BCUT2D eigenvalue weighted by Gasteiger charge is 2.07. The zero-order chi connectivity index (χ0) is 20.5. The molecule has 1 heterocycles. The van der Waals surface area contributed by atoms with Crippen LogP contribution >= 0.6 is 0 Å². The Morgan fingerprint density at radius 3 is 2.48 bits per heavy atom. The molecular formula is C22H26N4O3. The molecule has 3 rings (SSSR count). The Hall–Kier alpha value is -3.35. The maximum atomic E-state index is 12.2. The summed E-state index contributed by atoms with van der Waals surface area (Å²) < 4.78 is 5.64. The lowest BCUT2D eigenvalue weighted by Gasteiger charge is -2.07. The molecule has 0 aliphatic rings. The average molecular weight is 394 g/mol. The first-order valence-corrected chi connectivity index (χ1v) is 9.87. The fourth-order valence-electron chi connectivity index (χ4n) is 2.95. The lowest BCUT2D eigenvalue weighted by Crippen LogP contribution is -2.24. The topological polar surface area (TPSA) is 96.3 Å². The average Bonchev–Trinajstić information content (AvgIpc) is 3.15. The van der Waals surface area contributed by atoms with Gasteiger partial charge in [0.2, 0.25) is 5.91 Å². The van der Waals surface area contributed by atoms with Crippen LogP contribution in [0.25, 0.3) is 11.1 Å². The number of unbranched alkanes of at least 4 members (excludes halogenated alkanes) is 3. The first-order valence-electron chi connectivity index (χ1n) is 9.87. The van der Waals surface area contributed by atoms with E-state index in [0.717, 1.165) is 42.5 Å². The Balaban J connectivity index is 1.40. The van der Waals surface area contributed by atoms with Gasteiger partial charge in [-0.25, -0.2) is 0 Å². The van der Waals surface area contributed by atoms with Gasteiger partial charge in [-0.3, -0.25) is 9.59 Å². The summed E-state index contributed by atoms with van der Waals surface area (Å²) in [5.74, 6) is -0.0175. The van der Waals surface area contributed by atoms with Gasteiger partial charge in [0.05, 0.1) is 0 Å². The van der Waals surface area contributed by atoms with E-state index in [2.05, 4.69) is 20.9 Å². The lowest BCUT2D eigenvalue weighted by atomic mass is 10.1. The summed E-state index contributed by atoms with van der Waals surface area (Å²) in [6.45, 7) is 0.627. The smallest absolute Gasteiger partial charge is 0.300 e. The predicted octanol–water partition coefficient (Wildman–Crippen LogP) is 4.00. The first-order chi connectivity index (χ1) is 14.2. The number of oxazole rings is 1. The van der Waals surface area contributed by atoms with Crippen molar-refractivity contribution in [3.05, 3.63) is 54.1 Å². The third-order valence-corrected chi connectivity index (χ3v) is 4.59. The number of hydrogen-bond donors (Lipinski definition) is 3. The van der Waals surface area contributed by atoms with Crippen LogP contribution in [0.4, 0.5) is 11.7 Å². The van der Waals surface area contributed by atoms with Gasteiger partial charge in [-0.2, -0.15) is 4.98 Å². The minimum absolute atomic E-state index is 0.0762. The first kappa shape index (κ1) is 20.4. The Morgan fingerprint density at radius 1 is 0.966 bits per heavy atom. The van der Waals surface area contributed by atoms with E-state index in [1.165, 1.54) is 0 Å². The second-order valence-corrected chi connectivity index (χ2v) is 6.78. The van der Waals surface area contributed by atoms with Crippen molar-refractivity contribution in [2.24, 2.45) is 0 Å². The van der Waals surface area contributed by atoms with Crippen molar-refractivity contribution in [3.63, 3.8) is 0 Å². The van der Waals surface area contributed by atoms with Gasteiger partial charge in [-0.15, -0.1) is 0 Å². The number of carbonyl (C=O) groups is 2. The lowest BCUT2D eigenvalue weighted by molar-refractivity contribution is -0.120. The van der Waals surface area contributed by atoms with Crippen LogP contribution in [0.2, 0.25) is 0 Å². The third kappa shape index (κ3) is 6.07. The fraction of sp³-hybridized carbons (Fsp3) is 0.318. The van der Waals surface area contributed by atoms with E-state index in [-0.39, 0.29) is 11.8 Å². The number of fused-ring (bicyclic) bond motifs is 1. The maximum absolute atomic E-state index is 12.2. The molecule has 152 valence electrons. The minimum Gasteiger partial charge on any atom is -0.423 e. The third-order valence-electron chi connectivity index (χ3n) is 4.59. The molecule has 0 bridgehead atoms. The van der Waals surface area contributed by atoms with Crippen molar-refractivity contribution >= 4 is 34.6 Å². The van der Waals surface area contributed by atoms with Crippen molar-refractivity contribution in [1.82, 2.24) is 15.6 Å². The van der Waals surface area contributed by atoms with Gasteiger partial charge in [0.25, 0.3) is 11.9 Å². The molecule has 3 aromatic rings. The monoisotopic (exact) mass is 394 g/mol. The van der Waals surface area contributed by atoms with Crippen LogP contribution in [0, 0.1) is 0 Å². The molecule has 0 spiro atoms. The van der Waals surface area contributed by atoms with Gasteiger partial charge in [0.1, 0.15) is 5.52 Å². The molecule has 0 saturated heterocycles. The van der Waals surface area contributed by atoms with Crippen molar-refractivity contribution in [1.29, 1.82) is 0 Å². The molecule has 2 aromatic carbocycles. The molecule has 0 saturated carbocycles. The minimum atomic E-state index is -0.0937. The number of nitrogens with one attached hydrogen (secondary N) is 3. The molecule has 7 heteroatoms. The summed E-state index contributed by atoms with van der Waals surface area (Å²) in [7, 11) is 1.65. The second kappa shape index (κ2) is 10.3. The van der Waals surface area contributed by atoms with Gasteiger partial charge in [-0.05, 0) is 49.2 Å². The zero-order valence-corrected chi connectivity index (χ0v) is 16.5. The summed E-state index contributed by atoms with van der Waals surface area (Å²) in [4.78, 5) is 27.7. The largest absolute Gasteiger partial charge is 0.423 e. The van der Waals surface area contributed by atoms with Crippen molar-refractivity contribution in [2.45, 2.75) is 32.1 Å². The number of amides is 2. The summed E-state index contributed by atoms with van der Waals surface area (Å²) in [6.07, 6.45) is 4.32. The van der Waals surface area contributed by atoms with Crippen LogP contribution in [-0.4, -0.2) is 30.4 Å². The highest BCUT2D eigenvalue weighted by Crippen LogP contribution is 2.22. The molecule has 0 fully saturated rings. The number of carbonyl (C=O) groups excluding carboxylic acids is 2.